The molecule has 1 aliphatic heterocycles. The number of β-lactam (4-membered cyclic amide) rings is 1. The summed E-state index contributed by atoms with van der Waals surface area (Å²) >= 11 is 0. The van der Waals surface area contributed by atoms with Crippen LogP contribution in [-0.4, -0.2) is 43.0 Å². The van der Waals surface area contributed by atoms with Crippen molar-refractivity contribution >= 4 is 5.91 Å². The molecule has 1 saturated heterocycles. The molecule has 1 fully saturated rings. The molecule has 166 valence electrons. The molecule has 32 heavy (non-hydrogen) atoms. The summed E-state index contributed by atoms with van der Waals surface area (Å²) in [5, 5.41) is 12.9. The Morgan fingerprint density at radius 1 is 0.875 bits per heavy atom. The van der Waals surface area contributed by atoms with Gasteiger partial charge in [-0.2, -0.15) is 0 Å². The Labute approximate surface area is 189 Å². The SMILES string of the molecule is CO[C@@H](COC(c1ccccc1)(c1ccccc1)c1ccccc1)[C@H]1NC(=O)[C@@H]1[C@@H](C)O. The van der Waals surface area contributed by atoms with E-state index in [0.29, 0.717) is 0 Å². The molecule has 0 aromatic heterocycles. The molecular formula is C27H29NO4. The lowest BCUT2D eigenvalue weighted by atomic mass is 9.79. The lowest BCUT2D eigenvalue weighted by molar-refractivity contribution is -0.151. The Morgan fingerprint density at radius 3 is 1.66 bits per heavy atom. The summed E-state index contributed by atoms with van der Waals surface area (Å²) in [7, 11) is 1.60. The van der Waals surface area contributed by atoms with Crippen LogP contribution in [0.5, 0.6) is 0 Å². The topological polar surface area (TPSA) is 67.8 Å². The highest BCUT2D eigenvalue weighted by molar-refractivity contribution is 5.86. The molecule has 3 aromatic rings. The van der Waals surface area contributed by atoms with E-state index in [2.05, 4.69) is 41.7 Å². The van der Waals surface area contributed by atoms with Crippen LogP contribution < -0.4 is 5.32 Å². The predicted octanol–water partition coefficient (Wildman–Crippen LogP) is 3.51. The summed E-state index contributed by atoms with van der Waals surface area (Å²) in [5.74, 6) is -0.671. The van der Waals surface area contributed by atoms with E-state index in [1.54, 1.807) is 14.0 Å². The van der Waals surface area contributed by atoms with Crippen molar-refractivity contribution < 1.29 is 19.4 Å². The number of methoxy groups -OCH3 is 1. The highest BCUT2D eigenvalue weighted by Crippen LogP contribution is 2.41. The van der Waals surface area contributed by atoms with Gasteiger partial charge in [-0.1, -0.05) is 91.0 Å². The first-order valence-corrected chi connectivity index (χ1v) is 10.9. The summed E-state index contributed by atoms with van der Waals surface area (Å²) in [6.45, 7) is 1.86. The number of aliphatic hydroxyl groups excluding tert-OH is 1. The van der Waals surface area contributed by atoms with Gasteiger partial charge in [-0.3, -0.25) is 4.79 Å². The average molecular weight is 432 g/mol. The number of hydrogen-bond acceptors (Lipinski definition) is 4. The maximum atomic E-state index is 12.0. The third-order valence-electron chi connectivity index (χ3n) is 6.23. The summed E-state index contributed by atoms with van der Waals surface area (Å²) < 4.78 is 12.5. The Kier molecular flexibility index (Phi) is 6.70. The highest BCUT2D eigenvalue weighted by atomic mass is 16.5. The Bertz CT molecular complexity index is 911. The predicted molar refractivity (Wildman–Crippen MR) is 123 cm³/mol. The molecule has 5 heteroatoms. The fourth-order valence-corrected chi connectivity index (χ4v) is 4.55. The van der Waals surface area contributed by atoms with Crippen molar-refractivity contribution in [3.8, 4) is 0 Å². The van der Waals surface area contributed by atoms with E-state index in [1.165, 1.54) is 0 Å². The van der Waals surface area contributed by atoms with E-state index in [-0.39, 0.29) is 18.6 Å². The minimum absolute atomic E-state index is 0.160. The van der Waals surface area contributed by atoms with Gasteiger partial charge in [-0.15, -0.1) is 0 Å². The fourth-order valence-electron chi connectivity index (χ4n) is 4.55. The molecular weight excluding hydrogens is 402 g/mol. The molecule has 0 unspecified atom stereocenters. The molecule has 5 nitrogen and oxygen atoms in total. The molecule has 3 aromatic carbocycles. The van der Waals surface area contributed by atoms with Crippen LogP contribution in [0.2, 0.25) is 0 Å². The van der Waals surface area contributed by atoms with Crippen LogP contribution in [0.3, 0.4) is 0 Å². The van der Waals surface area contributed by atoms with Gasteiger partial charge in [-0.05, 0) is 23.6 Å². The minimum atomic E-state index is -0.866. The van der Waals surface area contributed by atoms with Gasteiger partial charge in [0.2, 0.25) is 5.91 Å². The molecule has 0 aliphatic carbocycles. The molecule has 0 spiro atoms. The van der Waals surface area contributed by atoms with Crippen LogP contribution in [0, 0.1) is 5.92 Å². The van der Waals surface area contributed by atoms with Crippen molar-refractivity contribution in [2.75, 3.05) is 13.7 Å². The monoisotopic (exact) mass is 431 g/mol. The quantitative estimate of drug-likeness (QED) is 0.402. The Hall–Kier alpha value is -2.99. The zero-order valence-corrected chi connectivity index (χ0v) is 18.3. The number of carbonyl (C=O) groups is 1. The second-order valence-electron chi connectivity index (χ2n) is 8.17. The van der Waals surface area contributed by atoms with E-state index >= 15 is 0 Å². The summed E-state index contributed by atoms with van der Waals surface area (Å²) in [4.78, 5) is 12.0. The van der Waals surface area contributed by atoms with E-state index in [4.69, 9.17) is 9.47 Å². The zero-order valence-electron chi connectivity index (χ0n) is 18.3. The number of carbonyl (C=O) groups excluding carboxylic acids is 1. The van der Waals surface area contributed by atoms with Gasteiger partial charge in [0.05, 0.1) is 24.7 Å². The van der Waals surface area contributed by atoms with Gasteiger partial charge in [0, 0.05) is 7.11 Å². The maximum Gasteiger partial charge on any atom is 0.228 e. The third-order valence-corrected chi connectivity index (χ3v) is 6.23. The maximum absolute atomic E-state index is 12.0. The molecule has 4 rings (SSSR count). The van der Waals surface area contributed by atoms with Crippen molar-refractivity contribution in [1.82, 2.24) is 5.32 Å². The Balaban J connectivity index is 1.75. The van der Waals surface area contributed by atoms with Crippen molar-refractivity contribution in [3.05, 3.63) is 108 Å². The Morgan fingerprint density at radius 2 is 1.31 bits per heavy atom. The summed E-state index contributed by atoms with van der Waals surface area (Å²) in [5.41, 5.74) is 2.13. The normalized spacial score (nSPS) is 20.2. The van der Waals surface area contributed by atoms with Gasteiger partial charge >= 0.3 is 0 Å². The van der Waals surface area contributed by atoms with E-state index in [0.717, 1.165) is 16.7 Å². The van der Waals surface area contributed by atoms with Crippen molar-refractivity contribution in [1.29, 1.82) is 0 Å². The van der Waals surface area contributed by atoms with Crippen LogP contribution in [0.25, 0.3) is 0 Å². The number of aliphatic hydroxyl groups is 1. The van der Waals surface area contributed by atoms with Crippen molar-refractivity contribution in [3.63, 3.8) is 0 Å². The van der Waals surface area contributed by atoms with Gasteiger partial charge in [-0.25, -0.2) is 0 Å². The van der Waals surface area contributed by atoms with Crippen LogP contribution in [0.4, 0.5) is 0 Å². The molecule has 4 atom stereocenters. The molecule has 0 saturated carbocycles. The van der Waals surface area contributed by atoms with E-state index in [1.807, 2.05) is 54.6 Å². The zero-order chi connectivity index (χ0) is 22.6. The lowest BCUT2D eigenvalue weighted by Crippen LogP contribution is -2.67. The number of hydrogen-bond donors (Lipinski definition) is 2. The second-order valence-corrected chi connectivity index (χ2v) is 8.17. The summed E-state index contributed by atoms with van der Waals surface area (Å²) in [6, 6.07) is 30.0. The minimum Gasteiger partial charge on any atom is -0.393 e. The highest BCUT2D eigenvalue weighted by Gasteiger charge is 2.48. The third kappa shape index (κ3) is 4.07. The van der Waals surface area contributed by atoms with Crippen molar-refractivity contribution in [2.45, 2.75) is 30.8 Å². The summed E-state index contributed by atoms with van der Waals surface area (Å²) in [6.07, 6.45) is -1.17. The van der Waals surface area contributed by atoms with Crippen LogP contribution in [0.15, 0.2) is 91.0 Å². The number of rotatable bonds is 9. The van der Waals surface area contributed by atoms with Crippen LogP contribution in [0.1, 0.15) is 23.6 Å². The number of benzene rings is 3. The molecule has 0 radical (unpaired) electrons. The molecule has 1 amide bonds. The second kappa shape index (κ2) is 9.65. The number of ether oxygens (including phenoxy) is 2. The number of nitrogens with one attached hydrogen (secondary N) is 1. The van der Waals surface area contributed by atoms with Crippen LogP contribution in [-0.2, 0) is 19.9 Å². The first-order chi connectivity index (χ1) is 15.6. The van der Waals surface area contributed by atoms with E-state index in [9.17, 15) is 9.90 Å². The smallest absolute Gasteiger partial charge is 0.228 e. The number of amides is 1. The van der Waals surface area contributed by atoms with E-state index < -0.39 is 23.7 Å². The van der Waals surface area contributed by atoms with Gasteiger partial charge in [0.25, 0.3) is 0 Å². The standard InChI is InChI=1S/C27H29NO4/c1-19(29)24-25(28-26(24)30)23(31-2)18-32-27(20-12-6-3-7-13-20,21-14-8-4-9-15-21)22-16-10-5-11-17-22/h3-17,19,23-25,29H,18H2,1-2H3,(H,28,30)/t19-,23+,24-,25-/m1/s1. The van der Waals surface area contributed by atoms with Gasteiger partial charge < -0.3 is 19.9 Å². The first kappa shape index (κ1) is 22.2. The van der Waals surface area contributed by atoms with Gasteiger partial charge in [0.1, 0.15) is 11.7 Å². The lowest BCUT2D eigenvalue weighted by Gasteiger charge is -2.44. The van der Waals surface area contributed by atoms with Crippen LogP contribution >= 0.6 is 0 Å². The van der Waals surface area contributed by atoms with Gasteiger partial charge in [0.15, 0.2) is 0 Å². The molecule has 1 aliphatic rings. The van der Waals surface area contributed by atoms with Crippen molar-refractivity contribution in [2.24, 2.45) is 5.92 Å². The molecule has 2 N–H and O–H groups in total. The molecule has 0 bridgehead atoms. The first-order valence-electron chi connectivity index (χ1n) is 10.9. The average Bonchev–Trinajstić information content (AvgIpc) is 2.82. The molecule has 1 heterocycles. The largest absolute Gasteiger partial charge is 0.393 e. The fraction of sp³-hybridized carbons (Fsp3) is 0.296.